The first kappa shape index (κ1) is 17.3. The van der Waals surface area contributed by atoms with Crippen LogP contribution in [0.5, 0.6) is 0 Å². The van der Waals surface area contributed by atoms with E-state index in [1.165, 1.54) is 0 Å². The third-order valence-corrected chi connectivity index (χ3v) is 3.90. The third-order valence-electron chi connectivity index (χ3n) is 3.90. The minimum Gasteiger partial charge on any atom is -0.463 e. The zero-order valence-corrected chi connectivity index (χ0v) is 13.8. The number of nitrogens with one attached hydrogen (secondary N) is 1. The van der Waals surface area contributed by atoms with Crippen molar-refractivity contribution in [3.05, 3.63) is 48.0 Å². The van der Waals surface area contributed by atoms with Gasteiger partial charge in [-0.3, -0.25) is 9.59 Å². The number of esters is 1. The zero-order chi connectivity index (χ0) is 16.7. The van der Waals surface area contributed by atoms with Crippen molar-refractivity contribution in [3.8, 4) is 0 Å². The van der Waals surface area contributed by atoms with Gasteiger partial charge in [-0.25, -0.2) is 0 Å². The smallest absolute Gasteiger partial charge is 0.308 e. The van der Waals surface area contributed by atoms with Crippen molar-refractivity contribution in [2.75, 3.05) is 0 Å². The molecule has 0 radical (unpaired) electrons. The Morgan fingerprint density at radius 1 is 1.22 bits per heavy atom. The van der Waals surface area contributed by atoms with Gasteiger partial charge in [0.25, 0.3) is 0 Å². The number of carbonyl (C=O) groups is 2. The van der Waals surface area contributed by atoms with E-state index in [4.69, 9.17) is 4.74 Å². The zero-order valence-electron chi connectivity index (χ0n) is 13.8. The summed E-state index contributed by atoms with van der Waals surface area (Å²) in [6.45, 7) is 3.64. The van der Waals surface area contributed by atoms with Crippen LogP contribution in [0.25, 0.3) is 0 Å². The lowest BCUT2D eigenvalue weighted by molar-refractivity contribution is -0.148. The van der Waals surface area contributed by atoms with Crippen LogP contribution in [0, 0.1) is 5.92 Å². The molecule has 2 rings (SSSR count). The molecule has 1 aromatic carbocycles. The fourth-order valence-corrected chi connectivity index (χ4v) is 2.74. The van der Waals surface area contributed by atoms with Gasteiger partial charge in [-0.1, -0.05) is 42.5 Å². The fourth-order valence-electron chi connectivity index (χ4n) is 2.74. The van der Waals surface area contributed by atoms with Crippen LogP contribution in [0.1, 0.15) is 51.1 Å². The number of carbonyl (C=O) groups excluding carboxylic acids is 2. The SMILES string of the molecule is CC(C)OC(=O)CC(NC(=O)C1CC=CCC1)c1ccccc1. The Morgan fingerprint density at radius 2 is 1.96 bits per heavy atom. The molecule has 1 N–H and O–H groups in total. The molecule has 1 aliphatic rings. The predicted octanol–water partition coefficient (Wildman–Crippen LogP) is 3.54. The normalized spacial score (nSPS) is 18.5. The molecular formula is C19H25NO3. The van der Waals surface area contributed by atoms with E-state index in [0.29, 0.717) is 0 Å². The van der Waals surface area contributed by atoms with Gasteiger partial charge in [0.1, 0.15) is 0 Å². The van der Waals surface area contributed by atoms with Gasteiger partial charge in [0.15, 0.2) is 0 Å². The molecule has 1 aliphatic carbocycles. The van der Waals surface area contributed by atoms with E-state index in [9.17, 15) is 9.59 Å². The van der Waals surface area contributed by atoms with Crippen LogP contribution in [0.3, 0.4) is 0 Å². The van der Waals surface area contributed by atoms with Crippen molar-refractivity contribution in [3.63, 3.8) is 0 Å². The Labute approximate surface area is 137 Å². The highest BCUT2D eigenvalue weighted by molar-refractivity contribution is 5.80. The van der Waals surface area contributed by atoms with E-state index in [-0.39, 0.29) is 36.4 Å². The van der Waals surface area contributed by atoms with Crippen molar-refractivity contribution in [1.29, 1.82) is 0 Å². The molecule has 124 valence electrons. The lowest BCUT2D eigenvalue weighted by Gasteiger charge is -2.23. The van der Waals surface area contributed by atoms with Crippen LogP contribution < -0.4 is 5.32 Å². The highest BCUT2D eigenvalue weighted by atomic mass is 16.5. The summed E-state index contributed by atoms with van der Waals surface area (Å²) in [6, 6.07) is 9.24. The minimum atomic E-state index is -0.346. The molecule has 2 unspecified atom stereocenters. The highest BCUT2D eigenvalue weighted by Gasteiger charge is 2.24. The van der Waals surface area contributed by atoms with Gasteiger partial charge in [0.05, 0.1) is 18.6 Å². The van der Waals surface area contributed by atoms with E-state index in [1.807, 2.05) is 44.2 Å². The van der Waals surface area contributed by atoms with Crippen molar-refractivity contribution in [1.82, 2.24) is 5.32 Å². The number of hydrogen-bond donors (Lipinski definition) is 1. The second kappa shape index (κ2) is 8.51. The maximum Gasteiger partial charge on any atom is 0.308 e. The lowest BCUT2D eigenvalue weighted by atomic mass is 9.92. The number of allylic oxidation sites excluding steroid dienone is 2. The molecule has 0 aromatic heterocycles. The molecule has 0 bridgehead atoms. The molecule has 0 saturated heterocycles. The minimum absolute atomic E-state index is 0.00710. The molecule has 4 heteroatoms. The molecule has 4 nitrogen and oxygen atoms in total. The van der Waals surface area contributed by atoms with Gasteiger partial charge in [-0.15, -0.1) is 0 Å². The number of benzene rings is 1. The van der Waals surface area contributed by atoms with E-state index >= 15 is 0 Å². The maximum absolute atomic E-state index is 12.5. The standard InChI is InChI=1S/C19H25NO3/c1-14(2)23-18(21)13-17(15-9-5-3-6-10-15)20-19(22)16-11-7-4-8-12-16/h3-7,9-10,14,16-17H,8,11-13H2,1-2H3,(H,20,22). The Kier molecular flexibility index (Phi) is 6.39. The van der Waals surface area contributed by atoms with E-state index in [2.05, 4.69) is 17.5 Å². The molecule has 1 aromatic rings. The molecule has 0 saturated carbocycles. The van der Waals surface area contributed by atoms with Crippen molar-refractivity contribution < 1.29 is 14.3 Å². The Bertz CT molecular complexity index is 551. The van der Waals surface area contributed by atoms with E-state index < -0.39 is 0 Å². The van der Waals surface area contributed by atoms with Crippen molar-refractivity contribution in [2.45, 2.75) is 51.7 Å². The van der Waals surface area contributed by atoms with Gasteiger partial charge < -0.3 is 10.1 Å². The fraction of sp³-hybridized carbons (Fsp3) is 0.474. The van der Waals surface area contributed by atoms with Crippen LogP contribution in [0.2, 0.25) is 0 Å². The van der Waals surface area contributed by atoms with Gasteiger partial charge in [0.2, 0.25) is 5.91 Å². The third kappa shape index (κ3) is 5.55. The summed E-state index contributed by atoms with van der Waals surface area (Å²) >= 11 is 0. The topological polar surface area (TPSA) is 55.4 Å². The van der Waals surface area contributed by atoms with Crippen LogP contribution >= 0.6 is 0 Å². The number of ether oxygens (including phenoxy) is 1. The number of amides is 1. The van der Waals surface area contributed by atoms with Gasteiger partial charge in [-0.05, 0) is 38.7 Å². The monoisotopic (exact) mass is 315 g/mol. The predicted molar refractivity (Wildman–Crippen MR) is 89.7 cm³/mol. The van der Waals surface area contributed by atoms with E-state index in [1.54, 1.807) is 0 Å². The van der Waals surface area contributed by atoms with Crippen LogP contribution in [0.4, 0.5) is 0 Å². The summed E-state index contributed by atoms with van der Waals surface area (Å²) in [6.07, 6.45) is 6.72. The van der Waals surface area contributed by atoms with Crippen LogP contribution in [-0.2, 0) is 14.3 Å². The van der Waals surface area contributed by atoms with Crippen LogP contribution in [-0.4, -0.2) is 18.0 Å². The summed E-state index contributed by atoms with van der Waals surface area (Å²) in [5.74, 6) is -0.287. The molecule has 23 heavy (non-hydrogen) atoms. The lowest BCUT2D eigenvalue weighted by Crippen LogP contribution is -2.35. The first-order valence-electron chi connectivity index (χ1n) is 8.26. The summed E-state index contributed by atoms with van der Waals surface area (Å²) in [5, 5.41) is 3.03. The van der Waals surface area contributed by atoms with Crippen molar-refractivity contribution in [2.24, 2.45) is 5.92 Å². The first-order valence-corrected chi connectivity index (χ1v) is 8.26. The summed E-state index contributed by atoms with van der Waals surface area (Å²) in [7, 11) is 0. The molecular weight excluding hydrogens is 290 g/mol. The highest BCUT2D eigenvalue weighted by Crippen LogP contribution is 2.22. The second-order valence-corrected chi connectivity index (χ2v) is 6.20. The van der Waals surface area contributed by atoms with Crippen molar-refractivity contribution >= 4 is 11.9 Å². The molecule has 0 aliphatic heterocycles. The molecule has 0 spiro atoms. The van der Waals surface area contributed by atoms with E-state index in [0.717, 1.165) is 24.8 Å². The van der Waals surface area contributed by atoms with Gasteiger partial charge in [-0.2, -0.15) is 0 Å². The largest absolute Gasteiger partial charge is 0.463 e. The Morgan fingerprint density at radius 3 is 2.57 bits per heavy atom. The summed E-state index contributed by atoms with van der Waals surface area (Å²) in [4.78, 5) is 24.5. The Balaban J connectivity index is 2.05. The molecule has 0 heterocycles. The maximum atomic E-state index is 12.5. The Hall–Kier alpha value is -2.10. The second-order valence-electron chi connectivity index (χ2n) is 6.20. The number of hydrogen-bond acceptors (Lipinski definition) is 3. The van der Waals surface area contributed by atoms with Crippen LogP contribution in [0.15, 0.2) is 42.5 Å². The molecule has 0 fully saturated rings. The summed E-state index contributed by atoms with van der Waals surface area (Å²) in [5.41, 5.74) is 0.924. The average Bonchev–Trinajstić information content (AvgIpc) is 2.55. The molecule has 1 amide bonds. The molecule has 2 atom stereocenters. The first-order chi connectivity index (χ1) is 11.1. The number of rotatable bonds is 6. The average molecular weight is 315 g/mol. The quantitative estimate of drug-likeness (QED) is 0.645. The summed E-state index contributed by atoms with van der Waals surface area (Å²) < 4.78 is 5.23. The van der Waals surface area contributed by atoms with Gasteiger partial charge in [0, 0.05) is 5.92 Å². The van der Waals surface area contributed by atoms with Gasteiger partial charge >= 0.3 is 5.97 Å².